The van der Waals surface area contributed by atoms with Gasteiger partial charge in [0.05, 0.1) is 12.8 Å². The van der Waals surface area contributed by atoms with Gasteiger partial charge in [0.15, 0.2) is 0 Å². The number of hydrogen-bond donors (Lipinski definition) is 1. The number of methoxy groups -OCH3 is 1. The highest BCUT2D eigenvalue weighted by Gasteiger charge is 2.47. The molecule has 5 rings (SSSR count). The van der Waals surface area contributed by atoms with E-state index in [-0.39, 0.29) is 5.91 Å². The van der Waals surface area contributed by atoms with Crippen LogP contribution in [0.15, 0.2) is 60.7 Å². The minimum Gasteiger partial charge on any atom is -0.497 e. The molecule has 0 saturated carbocycles. The molecule has 0 spiro atoms. The van der Waals surface area contributed by atoms with Crippen LogP contribution in [0.1, 0.15) is 22.1 Å². The van der Waals surface area contributed by atoms with E-state index >= 15 is 0 Å². The molecular formula is C24H26N4O2. The van der Waals surface area contributed by atoms with Gasteiger partial charge in [-0.2, -0.15) is 5.10 Å². The fourth-order valence-electron chi connectivity index (χ4n) is 5.08. The summed E-state index contributed by atoms with van der Waals surface area (Å²) in [5, 5.41) is 7.29. The molecule has 6 heteroatoms. The molecule has 2 saturated heterocycles. The van der Waals surface area contributed by atoms with Crippen molar-refractivity contribution in [2.45, 2.75) is 6.04 Å². The van der Waals surface area contributed by atoms with Gasteiger partial charge in [-0.1, -0.05) is 42.5 Å². The van der Waals surface area contributed by atoms with E-state index in [0.717, 1.165) is 36.6 Å². The highest BCUT2D eigenvalue weighted by Crippen LogP contribution is 2.44. The maximum absolute atomic E-state index is 13.2. The molecule has 30 heavy (non-hydrogen) atoms. The van der Waals surface area contributed by atoms with Crippen molar-refractivity contribution in [2.75, 3.05) is 33.8 Å². The van der Waals surface area contributed by atoms with Gasteiger partial charge in [0.2, 0.25) is 0 Å². The molecule has 154 valence electrons. The van der Waals surface area contributed by atoms with Gasteiger partial charge < -0.3 is 9.64 Å². The normalized spacial score (nSPS) is 23.5. The monoisotopic (exact) mass is 402 g/mol. The standard InChI is InChI=1S/C24H26N4O2/c1-27-13-18-14-28(15-20(18)23(27)17-8-10-19(30-2)11-9-17)24(29)22-12-21(25-26-22)16-6-4-3-5-7-16/h3-12,18,20,23H,13-15H2,1-2H3,(H,25,26)/t18-,20+,23-/m0/s1. The van der Waals surface area contributed by atoms with Crippen LogP contribution in [0.2, 0.25) is 0 Å². The summed E-state index contributed by atoms with van der Waals surface area (Å²) in [7, 11) is 3.87. The zero-order valence-corrected chi connectivity index (χ0v) is 17.3. The van der Waals surface area contributed by atoms with Gasteiger partial charge in [-0.05, 0) is 36.7 Å². The van der Waals surface area contributed by atoms with Crippen LogP contribution in [-0.4, -0.2) is 59.7 Å². The molecule has 1 amide bonds. The first-order valence-corrected chi connectivity index (χ1v) is 10.4. The smallest absolute Gasteiger partial charge is 0.271 e. The van der Waals surface area contributed by atoms with Crippen LogP contribution >= 0.6 is 0 Å². The van der Waals surface area contributed by atoms with Gasteiger partial charge in [0.25, 0.3) is 5.91 Å². The van der Waals surface area contributed by atoms with E-state index < -0.39 is 0 Å². The van der Waals surface area contributed by atoms with Crippen LogP contribution in [0.3, 0.4) is 0 Å². The van der Waals surface area contributed by atoms with E-state index in [2.05, 4.69) is 34.3 Å². The predicted molar refractivity (Wildman–Crippen MR) is 115 cm³/mol. The molecule has 3 heterocycles. The fraction of sp³-hybridized carbons (Fsp3) is 0.333. The third-order valence-corrected chi connectivity index (χ3v) is 6.52. The number of nitrogens with zero attached hydrogens (tertiary/aromatic N) is 3. The molecule has 2 fully saturated rings. The number of rotatable bonds is 4. The number of H-pyrrole nitrogens is 1. The number of carbonyl (C=O) groups is 1. The number of aromatic nitrogens is 2. The molecule has 3 atom stereocenters. The first-order valence-electron chi connectivity index (χ1n) is 10.4. The molecule has 1 N–H and O–H groups in total. The van der Waals surface area contributed by atoms with Gasteiger partial charge >= 0.3 is 0 Å². The Hall–Kier alpha value is -3.12. The lowest BCUT2D eigenvalue weighted by molar-refractivity contribution is 0.0762. The zero-order valence-electron chi connectivity index (χ0n) is 17.3. The molecule has 0 bridgehead atoms. The number of fused-ring (bicyclic) bond motifs is 1. The summed E-state index contributed by atoms with van der Waals surface area (Å²) in [6.45, 7) is 2.56. The third-order valence-electron chi connectivity index (χ3n) is 6.52. The second-order valence-corrected chi connectivity index (χ2v) is 8.32. The fourth-order valence-corrected chi connectivity index (χ4v) is 5.08. The number of amides is 1. The first kappa shape index (κ1) is 18.9. The van der Waals surface area contributed by atoms with Crippen LogP contribution in [0.25, 0.3) is 11.3 Å². The summed E-state index contributed by atoms with van der Waals surface area (Å²) >= 11 is 0. The van der Waals surface area contributed by atoms with Gasteiger partial charge in [-0.25, -0.2) is 0 Å². The van der Waals surface area contributed by atoms with Crippen molar-refractivity contribution in [3.8, 4) is 17.0 Å². The largest absolute Gasteiger partial charge is 0.497 e. The van der Waals surface area contributed by atoms with Gasteiger partial charge in [-0.3, -0.25) is 14.8 Å². The quantitative estimate of drug-likeness (QED) is 0.726. The minimum absolute atomic E-state index is 0.0372. The van der Waals surface area contributed by atoms with Crippen molar-refractivity contribution < 1.29 is 9.53 Å². The Balaban J connectivity index is 1.32. The Labute approximate surface area is 176 Å². The zero-order chi connectivity index (χ0) is 20.7. The average Bonchev–Trinajstić information content (AvgIpc) is 3.49. The number of ether oxygens (including phenoxy) is 1. The number of carbonyl (C=O) groups excluding carboxylic acids is 1. The van der Waals surface area contributed by atoms with E-state index in [9.17, 15) is 4.79 Å². The number of likely N-dealkylation sites (tertiary alicyclic amines) is 2. The van der Waals surface area contributed by atoms with Gasteiger partial charge in [0, 0.05) is 37.2 Å². The maximum Gasteiger partial charge on any atom is 0.271 e. The van der Waals surface area contributed by atoms with Crippen molar-refractivity contribution in [3.05, 3.63) is 71.9 Å². The second-order valence-electron chi connectivity index (χ2n) is 8.32. The van der Waals surface area contributed by atoms with Gasteiger partial charge in [0.1, 0.15) is 11.4 Å². The molecule has 2 aromatic carbocycles. The number of hydrogen-bond acceptors (Lipinski definition) is 4. The van der Waals surface area contributed by atoms with Crippen LogP contribution in [0.4, 0.5) is 0 Å². The lowest BCUT2D eigenvalue weighted by Gasteiger charge is -2.26. The summed E-state index contributed by atoms with van der Waals surface area (Å²) < 4.78 is 5.30. The van der Waals surface area contributed by atoms with Crippen molar-refractivity contribution in [2.24, 2.45) is 11.8 Å². The van der Waals surface area contributed by atoms with Crippen LogP contribution < -0.4 is 4.74 Å². The SMILES string of the molecule is COc1ccc([C@H]2[C@@H]3CN(C(=O)c4cc(-c5ccccc5)n[nH]4)C[C@@H]3CN2C)cc1. The minimum atomic E-state index is 0.0372. The molecule has 1 aromatic heterocycles. The molecular weight excluding hydrogens is 376 g/mol. The summed E-state index contributed by atoms with van der Waals surface area (Å²) in [5.74, 6) is 1.83. The Morgan fingerprint density at radius 2 is 1.83 bits per heavy atom. The number of benzene rings is 2. The molecule has 0 aliphatic carbocycles. The molecule has 6 nitrogen and oxygen atoms in total. The van der Waals surface area contributed by atoms with Crippen molar-refractivity contribution in [3.63, 3.8) is 0 Å². The summed E-state index contributed by atoms with van der Waals surface area (Å²) in [5.41, 5.74) is 3.65. The molecule has 2 aliphatic rings. The van der Waals surface area contributed by atoms with Crippen LogP contribution in [0, 0.1) is 11.8 Å². The summed E-state index contributed by atoms with van der Waals surface area (Å²) in [4.78, 5) is 17.6. The van der Waals surface area contributed by atoms with E-state index in [1.807, 2.05) is 53.4 Å². The second kappa shape index (κ2) is 7.61. The Morgan fingerprint density at radius 3 is 2.57 bits per heavy atom. The van der Waals surface area contributed by atoms with Crippen LogP contribution in [-0.2, 0) is 0 Å². The van der Waals surface area contributed by atoms with E-state index in [1.165, 1.54) is 5.56 Å². The Bertz CT molecular complexity index is 1030. The first-order chi connectivity index (χ1) is 14.6. The molecule has 3 aromatic rings. The summed E-state index contributed by atoms with van der Waals surface area (Å²) in [6.07, 6.45) is 0. The number of nitrogens with one attached hydrogen (secondary N) is 1. The molecule has 0 radical (unpaired) electrons. The third kappa shape index (κ3) is 3.27. The number of aromatic amines is 1. The Morgan fingerprint density at radius 1 is 1.07 bits per heavy atom. The topological polar surface area (TPSA) is 61.5 Å². The lowest BCUT2D eigenvalue weighted by Crippen LogP contribution is -2.33. The highest BCUT2D eigenvalue weighted by atomic mass is 16.5. The van der Waals surface area contributed by atoms with Crippen molar-refractivity contribution >= 4 is 5.91 Å². The lowest BCUT2D eigenvalue weighted by atomic mass is 9.89. The Kier molecular flexibility index (Phi) is 4.79. The summed E-state index contributed by atoms with van der Waals surface area (Å²) in [6, 6.07) is 20.4. The van der Waals surface area contributed by atoms with Crippen LogP contribution in [0.5, 0.6) is 5.75 Å². The van der Waals surface area contributed by atoms with E-state index in [1.54, 1.807) is 7.11 Å². The predicted octanol–water partition coefficient (Wildman–Crippen LogP) is 3.46. The maximum atomic E-state index is 13.2. The van der Waals surface area contributed by atoms with E-state index in [4.69, 9.17) is 4.74 Å². The molecule has 0 unspecified atom stereocenters. The van der Waals surface area contributed by atoms with Gasteiger partial charge in [-0.15, -0.1) is 0 Å². The molecule has 2 aliphatic heterocycles. The average molecular weight is 402 g/mol. The van der Waals surface area contributed by atoms with Crippen molar-refractivity contribution in [1.82, 2.24) is 20.0 Å². The van der Waals surface area contributed by atoms with E-state index in [0.29, 0.717) is 23.6 Å². The highest BCUT2D eigenvalue weighted by molar-refractivity contribution is 5.93. The van der Waals surface area contributed by atoms with Crippen molar-refractivity contribution in [1.29, 1.82) is 0 Å².